The van der Waals surface area contributed by atoms with Crippen molar-refractivity contribution in [1.82, 2.24) is 5.32 Å². The Morgan fingerprint density at radius 3 is 2.89 bits per heavy atom. The molecule has 19 heavy (non-hydrogen) atoms. The average Bonchev–Trinajstić information content (AvgIpc) is 2.45. The van der Waals surface area contributed by atoms with E-state index in [1.165, 1.54) is 6.42 Å². The molecule has 1 aliphatic carbocycles. The highest BCUT2D eigenvalue weighted by Crippen LogP contribution is 2.21. The summed E-state index contributed by atoms with van der Waals surface area (Å²) in [6.07, 6.45) is 3.93. The second-order valence-electron chi connectivity index (χ2n) is 4.89. The number of rotatable bonds is 5. The lowest BCUT2D eigenvalue weighted by Crippen LogP contribution is -2.41. The van der Waals surface area contributed by atoms with E-state index in [0.29, 0.717) is 6.54 Å². The quantitative estimate of drug-likeness (QED) is 0.849. The lowest BCUT2D eigenvalue weighted by atomic mass is 9.92. The zero-order valence-corrected chi connectivity index (χ0v) is 11.0. The van der Waals surface area contributed by atoms with Crippen LogP contribution < -0.4 is 10.1 Å². The van der Waals surface area contributed by atoms with Crippen LogP contribution in [-0.2, 0) is 6.54 Å². The minimum atomic E-state index is -0.249. The van der Waals surface area contributed by atoms with Crippen molar-refractivity contribution in [3.63, 3.8) is 0 Å². The maximum atomic E-state index is 9.92. The second-order valence-corrected chi connectivity index (χ2v) is 4.89. The second kappa shape index (κ2) is 7.13. The normalized spacial score (nSPS) is 22.7. The molecule has 0 aliphatic heterocycles. The van der Waals surface area contributed by atoms with Crippen molar-refractivity contribution in [1.29, 1.82) is 5.26 Å². The van der Waals surface area contributed by atoms with Gasteiger partial charge in [0, 0.05) is 18.2 Å². The topological polar surface area (TPSA) is 65.3 Å². The first-order chi connectivity index (χ1) is 9.31. The van der Waals surface area contributed by atoms with Crippen LogP contribution >= 0.6 is 0 Å². The van der Waals surface area contributed by atoms with E-state index in [1.807, 2.05) is 30.3 Å². The summed E-state index contributed by atoms with van der Waals surface area (Å²) in [5, 5.41) is 21.9. The highest BCUT2D eigenvalue weighted by molar-refractivity contribution is 5.33. The van der Waals surface area contributed by atoms with Crippen molar-refractivity contribution in [3.05, 3.63) is 29.8 Å². The molecular formula is C15H20N2O2. The molecule has 0 heterocycles. The third-order valence-electron chi connectivity index (χ3n) is 3.55. The molecule has 1 aromatic carbocycles. The van der Waals surface area contributed by atoms with Crippen LogP contribution in [0.1, 0.15) is 31.2 Å². The first-order valence-electron chi connectivity index (χ1n) is 6.80. The average molecular weight is 260 g/mol. The zero-order chi connectivity index (χ0) is 13.5. The van der Waals surface area contributed by atoms with Crippen molar-refractivity contribution in [2.45, 2.75) is 44.4 Å². The number of aliphatic hydroxyl groups excluding tert-OH is 1. The summed E-state index contributed by atoms with van der Waals surface area (Å²) in [5.74, 6) is 0.738. The Hall–Kier alpha value is -1.57. The maximum Gasteiger partial charge on any atom is 0.174 e. The van der Waals surface area contributed by atoms with Gasteiger partial charge in [0.2, 0.25) is 0 Å². The number of nitrogens with one attached hydrogen (secondary N) is 1. The van der Waals surface area contributed by atoms with Crippen molar-refractivity contribution in [2.75, 3.05) is 6.61 Å². The Kier molecular flexibility index (Phi) is 5.20. The molecular weight excluding hydrogens is 240 g/mol. The lowest BCUT2D eigenvalue weighted by Gasteiger charge is -2.28. The van der Waals surface area contributed by atoms with E-state index < -0.39 is 0 Å². The van der Waals surface area contributed by atoms with E-state index in [0.717, 1.165) is 30.6 Å². The fourth-order valence-corrected chi connectivity index (χ4v) is 2.49. The van der Waals surface area contributed by atoms with E-state index in [2.05, 4.69) is 5.32 Å². The molecule has 102 valence electrons. The van der Waals surface area contributed by atoms with Crippen LogP contribution in [0.5, 0.6) is 5.75 Å². The van der Waals surface area contributed by atoms with Gasteiger partial charge in [-0.15, -0.1) is 0 Å². The minimum absolute atomic E-state index is 0.0586. The Morgan fingerprint density at radius 2 is 2.11 bits per heavy atom. The lowest BCUT2D eigenvalue weighted by molar-refractivity contribution is 0.0901. The van der Waals surface area contributed by atoms with Gasteiger partial charge >= 0.3 is 0 Å². The summed E-state index contributed by atoms with van der Waals surface area (Å²) in [7, 11) is 0. The largest absolute Gasteiger partial charge is 0.478 e. The highest BCUT2D eigenvalue weighted by atomic mass is 16.5. The molecule has 1 fully saturated rings. The van der Waals surface area contributed by atoms with Crippen LogP contribution in [0.25, 0.3) is 0 Å². The van der Waals surface area contributed by atoms with Gasteiger partial charge in [-0.2, -0.15) is 5.26 Å². The number of hydrogen-bond donors (Lipinski definition) is 2. The number of aliphatic hydroxyl groups is 1. The van der Waals surface area contributed by atoms with E-state index in [9.17, 15) is 5.11 Å². The SMILES string of the molecule is N#CCOc1ccccc1CNC1CCCCC1O. The van der Waals surface area contributed by atoms with Gasteiger partial charge in [0.15, 0.2) is 6.61 Å². The Morgan fingerprint density at radius 1 is 1.32 bits per heavy atom. The fraction of sp³-hybridized carbons (Fsp3) is 0.533. The van der Waals surface area contributed by atoms with Crippen LogP contribution in [-0.4, -0.2) is 23.9 Å². The number of nitriles is 1. The summed E-state index contributed by atoms with van der Waals surface area (Å²) in [6.45, 7) is 0.715. The molecule has 2 atom stereocenters. The maximum absolute atomic E-state index is 9.92. The third kappa shape index (κ3) is 3.95. The monoisotopic (exact) mass is 260 g/mol. The molecule has 0 spiro atoms. The first-order valence-corrected chi connectivity index (χ1v) is 6.80. The van der Waals surface area contributed by atoms with Crippen LogP contribution in [0.2, 0.25) is 0 Å². The molecule has 4 nitrogen and oxygen atoms in total. The number of benzene rings is 1. The predicted octanol–water partition coefficient (Wildman–Crippen LogP) is 1.98. The molecule has 2 N–H and O–H groups in total. The van der Waals surface area contributed by atoms with Crippen LogP contribution in [0.4, 0.5) is 0 Å². The summed E-state index contributed by atoms with van der Waals surface area (Å²) >= 11 is 0. The van der Waals surface area contributed by atoms with E-state index >= 15 is 0 Å². The third-order valence-corrected chi connectivity index (χ3v) is 3.55. The van der Waals surface area contributed by atoms with Gasteiger partial charge in [-0.3, -0.25) is 0 Å². The van der Waals surface area contributed by atoms with Crippen molar-refractivity contribution < 1.29 is 9.84 Å². The molecule has 2 rings (SSSR count). The molecule has 1 aromatic rings. The standard InChI is InChI=1S/C15H20N2O2/c16-9-10-19-15-8-4-1-5-12(15)11-17-13-6-2-3-7-14(13)18/h1,4-5,8,13-14,17-18H,2-3,6-7,10-11H2. The number of nitrogens with zero attached hydrogens (tertiary/aromatic N) is 1. The Bertz CT molecular complexity index is 442. The van der Waals surface area contributed by atoms with Gasteiger partial charge in [-0.1, -0.05) is 31.0 Å². The zero-order valence-electron chi connectivity index (χ0n) is 11.0. The van der Waals surface area contributed by atoms with Gasteiger partial charge in [0.1, 0.15) is 11.8 Å². The molecule has 1 saturated carbocycles. The highest BCUT2D eigenvalue weighted by Gasteiger charge is 2.22. The van der Waals surface area contributed by atoms with Gasteiger partial charge in [-0.05, 0) is 18.9 Å². The summed E-state index contributed by atoms with van der Waals surface area (Å²) in [4.78, 5) is 0. The molecule has 0 amide bonds. The first kappa shape index (κ1) is 13.9. The predicted molar refractivity (Wildman–Crippen MR) is 72.7 cm³/mol. The molecule has 0 bridgehead atoms. The van der Waals surface area contributed by atoms with Gasteiger partial charge in [0.05, 0.1) is 6.10 Å². The molecule has 2 unspecified atom stereocenters. The van der Waals surface area contributed by atoms with Crippen LogP contribution in [0.3, 0.4) is 0 Å². The van der Waals surface area contributed by atoms with Gasteiger partial charge < -0.3 is 15.2 Å². The number of hydrogen-bond acceptors (Lipinski definition) is 4. The molecule has 0 radical (unpaired) electrons. The molecule has 1 aliphatic rings. The molecule has 0 aromatic heterocycles. The van der Waals surface area contributed by atoms with Crippen LogP contribution in [0, 0.1) is 11.3 Å². The van der Waals surface area contributed by atoms with Crippen molar-refractivity contribution in [3.8, 4) is 11.8 Å². The van der Waals surface area contributed by atoms with E-state index in [1.54, 1.807) is 0 Å². The van der Waals surface area contributed by atoms with Crippen molar-refractivity contribution in [2.24, 2.45) is 0 Å². The van der Waals surface area contributed by atoms with Gasteiger partial charge in [-0.25, -0.2) is 0 Å². The summed E-state index contributed by atoms with van der Waals surface area (Å²) in [6, 6.07) is 9.83. The van der Waals surface area contributed by atoms with E-state index in [4.69, 9.17) is 10.00 Å². The van der Waals surface area contributed by atoms with E-state index in [-0.39, 0.29) is 18.8 Å². The Labute approximate surface area is 114 Å². The van der Waals surface area contributed by atoms with Crippen molar-refractivity contribution >= 4 is 0 Å². The minimum Gasteiger partial charge on any atom is -0.478 e. The Balaban J connectivity index is 1.93. The van der Waals surface area contributed by atoms with Gasteiger partial charge in [0.25, 0.3) is 0 Å². The summed E-state index contributed by atoms with van der Waals surface area (Å²) < 4.78 is 5.39. The number of para-hydroxylation sites is 1. The molecule has 0 saturated heterocycles. The molecule has 4 heteroatoms. The van der Waals surface area contributed by atoms with Crippen LogP contribution in [0.15, 0.2) is 24.3 Å². The smallest absolute Gasteiger partial charge is 0.174 e. The number of ether oxygens (including phenoxy) is 1. The summed E-state index contributed by atoms with van der Waals surface area (Å²) in [5.41, 5.74) is 1.02. The fourth-order valence-electron chi connectivity index (χ4n) is 2.49.